The van der Waals surface area contributed by atoms with Gasteiger partial charge in [0.1, 0.15) is 11.3 Å². The van der Waals surface area contributed by atoms with Gasteiger partial charge in [-0.1, -0.05) is 42.5 Å². The fraction of sp³-hybridized carbons (Fsp3) is 0.0345. The molecule has 0 saturated heterocycles. The highest BCUT2D eigenvalue weighted by atomic mass is 16.5. The average Bonchev–Trinajstić information content (AvgIpc) is 3.55. The van der Waals surface area contributed by atoms with Crippen LogP contribution in [0.3, 0.4) is 0 Å². The largest absolute Gasteiger partial charge is 0.454 e. The van der Waals surface area contributed by atoms with E-state index < -0.39 is 18.5 Å². The highest BCUT2D eigenvalue weighted by Gasteiger charge is 2.15. The monoisotopic (exact) mass is 488 g/mol. The van der Waals surface area contributed by atoms with Crippen LogP contribution in [-0.4, -0.2) is 28.3 Å². The number of esters is 1. The molecule has 0 atom stereocenters. The number of rotatable bonds is 7. The number of nitriles is 1. The van der Waals surface area contributed by atoms with Crippen molar-refractivity contribution in [2.75, 3.05) is 11.9 Å². The molecule has 0 fully saturated rings. The number of nitrogens with zero attached hydrogens (tertiary/aromatic N) is 3. The third kappa shape index (κ3) is 5.47. The molecule has 5 rings (SSSR count). The minimum absolute atomic E-state index is 0.411. The van der Waals surface area contributed by atoms with Crippen molar-refractivity contribution < 1.29 is 18.7 Å². The van der Waals surface area contributed by atoms with Crippen LogP contribution in [0, 0.1) is 11.3 Å². The summed E-state index contributed by atoms with van der Waals surface area (Å²) in [5, 5.41) is 17.2. The Balaban J connectivity index is 1.33. The van der Waals surface area contributed by atoms with Gasteiger partial charge in [-0.05, 0) is 48.5 Å². The van der Waals surface area contributed by atoms with Gasteiger partial charge in [0.05, 0.1) is 17.3 Å². The summed E-state index contributed by atoms with van der Waals surface area (Å²) >= 11 is 0. The minimum atomic E-state index is -0.691. The van der Waals surface area contributed by atoms with Gasteiger partial charge in [0.2, 0.25) is 0 Å². The SMILES string of the molecule is N#Cc1cccc(NC(=O)COC(=O)C=Cc2cn(-c3ccccc3)nc2-c2cc3ccccc3o2)c1. The second kappa shape index (κ2) is 10.5. The minimum Gasteiger partial charge on any atom is -0.454 e. The number of aromatic nitrogens is 2. The van der Waals surface area contributed by atoms with Gasteiger partial charge >= 0.3 is 5.97 Å². The third-order valence-electron chi connectivity index (χ3n) is 5.44. The maximum absolute atomic E-state index is 12.4. The van der Waals surface area contributed by atoms with Crippen molar-refractivity contribution in [1.29, 1.82) is 5.26 Å². The Morgan fingerprint density at radius 1 is 1.03 bits per heavy atom. The molecule has 0 radical (unpaired) electrons. The smallest absolute Gasteiger partial charge is 0.331 e. The predicted molar refractivity (Wildman–Crippen MR) is 139 cm³/mol. The number of carbonyl (C=O) groups is 2. The standard InChI is InChI=1S/C29H20N4O4/c30-17-20-7-6-9-23(15-20)31-27(34)19-36-28(35)14-13-22-18-33(24-10-2-1-3-11-24)32-29(22)26-16-21-8-4-5-12-25(21)37-26/h1-16,18H,19H2,(H,31,34). The number of amides is 1. The Bertz CT molecular complexity index is 1630. The molecule has 1 amide bonds. The van der Waals surface area contributed by atoms with E-state index in [0.29, 0.717) is 28.3 Å². The van der Waals surface area contributed by atoms with Crippen LogP contribution in [0.25, 0.3) is 34.2 Å². The molecule has 0 saturated carbocycles. The second-order valence-electron chi connectivity index (χ2n) is 8.04. The van der Waals surface area contributed by atoms with E-state index in [1.54, 1.807) is 35.2 Å². The summed E-state index contributed by atoms with van der Waals surface area (Å²) in [6, 6.07) is 27.6. The van der Waals surface area contributed by atoms with E-state index in [1.165, 1.54) is 12.1 Å². The molecule has 8 nitrogen and oxygen atoms in total. The molecule has 2 aromatic heterocycles. The lowest BCUT2D eigenvalue weighted by Crippen LogP contribution is -2.20. The molecular weight excluding hydrogens is 468 g/mol. The van der Waals surface area contributed by atoms with Crippen molar-refractivity contribution in [2.24, 2.45) is 0 Å². The topological polar surface area (TPSA) is 110 Å². The van der Waals surface area contributed by atoms with Crippen molar-refractivity contribution in [3.8, 4) is 23.2 Å². The van der Waals surface area contributed by atoms with E-state index in [1.807, 2.05) is 66.7 Å². The van der Waals surface area contributed by atoms with E-state index in [0.717, 1.165) is 16.7 Å². The molecule has 8 heteroatoms. The first-order chi connectivity index (χ1) is 18.1. The Hall–Kier alpha value is -5.42. The van der Waals surface area contributed by atoms with Gasteiger partial charge in [-0.25, -0.2) is 9.48 Å². The van der Waals surface area contributed by atoms with Crippen molar-refractivity contribution in [3.05, 3.63) is 108 Å². The third-order valence-corrected chi connectivity index (χ3v) is 5.44. The van der Waals surface area contributed by atoms with Crippen LogP contribution in [0.4, 0.5) is 5.69 Å². The lowest BCUT2D eigenvalue weighted by Gasteiger charge is -2.05. The zero-order valence-electron chi connectivity index (χ0n) is 19.5. The Morgan fingerprint density at radius 3 is 2.65 bits per heavy atom. The van der Waals surface area contributed by atoms with Crippen LogP contribution in [0.15, 0.2) is 102 Å². The molecule has 5 aromatic rings. The van der Waals surface area contributed by atoms with Crippen molar-refractivity contribution in [2.45, 2.75) is 0 Å². The Kier molecular flexibility index (Phi) is 6.59. The number of carbonyl (C=O) groups excluding carboxylic acids is 2. The van der Waals surface area contributed by atoms with Crippen LogP contribution in [0.5, 0.6) is 0 Å². The predicted octanol–water partition coefficient (Wildman–Crippen LogP) is 5.35. The van der Waals surface area contributed by atoms with Gasteiger partial charge < -0.3 is 14.5 Å². The number of hydrogen-bond acceptors (Lipinski definition) is 6. The highest BCUT2D eigenvalue weighted by Crippen LogP contribution is 2.30. The summed E-state index contributed by atoms with van der Waals surface area (Å²) in [4.78, 5) is 24.5. The zero-order valence-corrected chi connectivity index (χ0v) is 19.5. The van der Waals surface area contributed by atoms with Gasteiger partial charge in [-0.2, -0.15) is 10.4 Å². The first-order valence-corrected chi connectivity index (χ1v) is 11.4. The van der Waals surface area contributed by atoms with Gasteiger partial charge in [-0.3, -0.25) is 4.79 Å². The summed E-state index contributed by atoms with van der Waals surface area (Å²) in [5.41, 5.74) is 3.62. The number of benzene rings is 3. The number of nitrogens with one attached hydrogen (secondary N) is 1. The van der Waals surface area contributed by atoms with Crippen molar-refractivity contribution in [1.82, 2.24) is 9.78 Å². The molecule has 2 heterocycles. The molecular formula is C29H20N4O4. The molecule has 0 aliphatic carbocycles. The fourth-order valence-corrected chi connectivity index (χ4v) is 3.72. The van der Waals surface area contributed by atoms with Crippen molar-refractivity contribution in [3.63, 3.8) is 0 Å². The molecule has 0 spiro atoms. The first-order valence-electron chi connectivity index (χ1n) is 11.4. The summed E-state index contributed by atoms with van der Waals surface area (Å²) in [7, 11) is 0. The van der Waals surface area contributed by atoms with E-state index in [-0.39, 0.29) is 0 Å². The molecule has 0 unspecified atom stereocenters. The molecule has 3 aromatic carbocycles. The maximum atomic E-state index is 12.4. The van der Waals surface area contributed by atoms with Gasteiger partial charge in [0.25, 0.3) is 5.91 Å². The highest BCUT2D eigenvalue weighted by molar-refractivity contribution is 5.95. The number of fused-ring (bicyclic) bond motifs is 1. The quantitative estimate of drug-likeness (QED) is 0.244. The van der Waals surface area contributed by atoms with E-state index in [4.69, 9.17) is 19.5 Å². The lowest BCUT2D eigenvalue weighted by atomic mass is 10.2. The molecule has 180 valence electrons. The summed E-state index contributed by atoms with van der Waals surface area (Å²) < 4.78 is 12.8. The second-order valence-corrected chi connectivity index (χ2v) is 8.04. The number of ether oxygens (including phenoxy) is 1. The van der Waals surface area contributed by atoms with Gasteiger partial charge in [0.15, 0.2) is 12.4 Å². The lowest BCUT2D eigenvalue weighted by molar-refractivity contribution is -0.142. The zero-order chi connectivity index (χ0) is 25.6. The van der Waals surface area contributed by atoms with Crippen LogP contribution >= 0.6 is 0 Å². The molecule has 0 aliphatic heterocycles. The van der Waals surface area contributed by atoms with Crippen LogP contribution in [-0.2, 0) is 14.3 Å². The first kappa shape index (κ1) is 23.3. The summed E-state index contributed by atoms with van der Waals surface area (Å²) in [6.07, 6.45) is 4.60. The number of para-hydroxylation sites is 2. The maximum Gasteiger partial charge on any atom is 0.331 e. The fourth-order valence-electron chi connectivity index (χ4n) is 3.72. The summed E-state index contributed by atoms with van der Waals surface area (Å²) in [5.74, 6) is -0.650. The van der Waals surface area contributed by atoms with Crippen LogP contribution in [0.1, 0.15) is 11.1 Å². The normalized spacial score (nSPS) is 10.9. The average molecular weight is 489 g/mol. The number of hydrogen-bond donors (Lipinski definition) is 1. The molecule has 0 aliphatic rings. The van der Waals surface area contributed by atoms with Crippen LogP contribution in [0.2, 0.25) is 0 Å². The summed E-state index contributed by atoms with van der Waals surface area (Å²) in [6.45, 7) is -0.473. The van der Waals surface area contributed by atoms with Gasteiger partial charge in [0, 0.05) is 28.9 Å². The number of furan rings is 1. The number of anilines is 1. The van der Waals surface area contributed by atoms with E-state index in [9.17, 15) is 9.59 Å². The van der Waals surface area contributed by atoms with Gasteiger partial charge in [-0.15, -0.1) is 0 Å². The van der Waals surface area contributed by atoms with Crippen molar-refractivity contribution >= 4 is 34.6 Å². The van der Waals surface area contributed by atoms with Crippen LogP contribution < -0.4 is 5.32 Å². The molecule has 0 bridgehead atoms. The van der Waals surface area contributed by atoms with E-state index in [2.05, 4.69) is 5.32 Å². The Labute approximate surface area is 212 Å². The molecule has 1 N–H and O–H groups in total. The van der Waals surface area contributed by atoms with E-state index >= 15 is 0 Å². The Morgan fingerprint density at radius 2 is 1.84 bits per heavy atom. The molecule has 37 heavy (non-hydrogen) atoms.